The molecular weight excluding hydrogens is 277 g/mol. The highest BCUT2D eigenvalue weighted by Crippen LogP contribution is 2.36. The molecular formula is C12H9F3N2OS. The minimum absolute atomic E-state index is 0.0445. The summed E-state index contributed by atoms with van der Waals surface area (Å²) in [6, 6.07) is 7.10. The zero-order valence-corrected chi connectivity index (χ0v) is 10.6. The fourth-order valence-corrected chi connectivity index (χ4v) is 1.76. The largest absolute Gasteiger partial charge is 0.446 e. The summed E-state index contributed by atoms with van der Waals surface area (Å²) in [5, 5.41) is 11.1. The number of nitrogens with zero attached hydrogens (tertiary/aromatic N) is 1. The maximum Gasteiger partial charge on any atom is 0.446 e. The molecule has 0 aliphatic heterocycles. The Morgan fingerprint density at radius 3 is 2.37 bits per heavy atom. The second-order valence-electron chi connectivity index (χ2n) is 3.37. The number of benzene rings is 1. The first-order valence-electron chi connectivity index (χ1n) is 5.05. The van der Waals surface area contributed by atoms with Crippen LogP contribution >= 0.6 is 11.8 Å². The van der Waals surface area contributed by atoms with E-state index < -0.39 is 11.4 Å². The smallest absolute Gasteiger partial charge is 0.354 e. The van der Waals surface area contributed by atoms with Crippen LogP contribution in [0.5, 0.6) is 0 Å². The van der Waals surface area contributed by atoms with Gasteiger partial charge in [0.25, 0.3) is 5.91 Å². The van der Waals surface area contributed by atoms with Crippen LogP contribution in [0.2, 0.25) is 0 Å². The molecule has 0 spiro atoms. The Labute approximate surface area is 112 Å². The van der Waals surface area contributed by atoms with E-state index >= 15 is 0 Å². The van der Waals surface area contributed by atoms with Crippen LogP contribution in [0.4, 0.5) is 13.2 Å². The highest BCUT2D eigenvalue weighted by Gasteiger charge is 2.28. The summed E-state index contributed by atoms with van der Waals surface area (Å²) in [6.07, 6.45) is 1.31. The zero-order valence-electron chi connectivity index (χ0n) is 9.78. The number of carbonyl (C=O) groups excluding carboxylic acids is 1. The van der Waals surface area contributed by atoms with E-state index in [1.54, 1.807) is 6.07 Å². The van der Waals surface area contributed by atoms with Crippen LogP contribution in [0.15, 0.2) is 34.7 Å². The number of alkyl halides is 3. The number of hydrogen-bond acceptors (Lipinski definition) is 3. The number of nitriles is 1. The molecule has 0 bridgehead atoms. The number of thioether (sulfide) groups is 1. The zero-order chi connectivity index (χ0) is 14.5. The Balaban J connectivity index is 2.91. The maximum absolute atomic E-state index is 12.1. The molecule has 0 unspecified atom stereocenters. The van der Waals surface area contributed by atoms with Crippen molar-refractivity contribution >= 4 is 23.7 Å². The van der Waals surface area contributed by atoms with Gasteiger partial charge in [0.05, 0.1) is 0 Å². The lowest BCUT2D eigenvalue weighted by molar-refractivity contribution is -0.116. The SMILES string of the molecule is CNC(=O)/C(C#N)=C/c1ccc(SC(F)(F)F)cc1. The van der Waals surface area contributed by atoms with Gasteiger partial charge < -0.3 is 5.32 Å². The molecule has 7 heteroatoms. The molecule has 1 N–H and O–H groups in total. The number of halogens is 3. The summed E-state index contributed by atoms with van der Waals surface area (Å²) in [5.41, 5.74) is -3.97. The normalized spacial score (nSPS) is 11.8. The molecule has 1 amide bonds. The van der Waals surface area contributed by atoms with Crippen LogP contribution < -0.4 is 5.32 Å². The van der Waals surface area contributed by atoms with E-state index in [2.05, 4.69) is 5.32 Å². The summed E-state index contributed by atoms with van der Waals surface area (Å²) in [4.78, 5) is 11.3. The molecule has 0 aliphatic carbocycles. The summed E-state index contributed by atoms with van der Waals surface area (Å²) in [7, 11) is 1.39. The summed E-state index contributed by atoms with van der Waals surface area (Å²) in [5.74, 6) is -0.545. The van der Waals surface area contributed by atoms with Crippen molar-refractivity contribution in [1.82, 2.24) is 5.32 Å². The summed E-state index contributed by atoms with van der Waals surface area (Å²) in [6.45, 7) is 0. The quantitative estimate of drug-likeness (QED) is 0.528. The molecule has 1 aromatic carbocycles. The Morgan fingerprint density at radius 1 is 1.37 bits per heavy atom. The van der Waals surface area contributed by atoms with Crippen LogP contribution in [0.25, 0.3) is 6.08 Å². The lowest BCUT2D eigenvalue weighted by atomic mass is 10.1. The third kappa shape index (κ3) is 5.06. The molecule has 0 aromatic heterocycles. The van der Waals surface area contributed by atoms with Gasteiger partial charge in [-0.1, -0.05) is 12.1 Å². The molecule has 0 fully saturated rings. The monoisotopic (exact) mass is 286 g/mol. The molecule has 1 aromatic rings. The van der Waals surface area contributed by atoms with Gasteiger partial charge in [-0.15, -0.1) is 0 Å². The molecule has 19 heavy (non-hydrogen) atoms. The topological polar surface area (TPSA) is 52.9 Å². The van der Waals surface area contributed by atoms with Crippen molar-refractivity contribution in [3.8, 4) is 6.07 Å². The van der Waals surface area contributed by atoms with Gasteiger partial charge in [0.1, 0.15) is 11.6 Å². The van der Waals surface area contributed by atoms with E-state index in [9.17, 15) is 18.0 Å². The summed E-state index contributed by atoms with van der Waals surface area (Å²) < 4.78 is 36.3. The Morgan fingerprint density at radius 2 is 1.95 bits per heavy atom. The standard InChI is InChI=1S/C12H9F3N2OS/c1-17-11(18)9(7-16)6-8-2-4-10(5-3-8)19-12(13,14)15/h2-6H,1H3,(H,17,18)/b9-6+. The lowest BCUT2D eigenvalue weighted by Gasteiger charge is -2.05. The number of amides is 1. The number of rotatable bonds is 3. The van der Waals surface area contributed by atoms with E-state index in [4.69, 9.17) is 5.26 Å². The van der Waals surface area contributed by atoms with Crippen molar-refractivity contribution < 1.29 is 18.0 Å². The summed E-state index contributed by atoms with van der Waals surface area (Å²) >= 11 is -0.220. The van der Waals surface area contributed by atoms with Crippen molar-refractivity contribution in [2.24, 2.45) is 0 Å². The molecule has 0 aliphatic rings. The van der Waals surface area contributed by atoms with Gasteiger partial charge in [-0.3, -0.25) is 4.79 Å². The first kappa shape index (κ1) is 15.1. The van der Waals surface area contributed by atoms with Crippen molar-refractivity contribution in [2.75, 3.05) is 7.05 Å². The number of hydrogen-bond donors (Lipinski definition) is 1. The molecule has 0 heterocycles. The minimum Gasteiger partial charge on any atom is -0.354 e. The van der Waals surface area contributed by atoms with Gasteiger partial charge in [-0.2, -0.15) is 18.4 Å². The third-order valence-corrected chi connectivity index (χ3v) is 2.76. The molecule has 0 atom stereocenters. The second-order valence-corrected chi connectivity index (χ2v) is 4.50. The second kappa shape index (κ2) is 6.29. The third-order valence-electron chi connectivity index (χ3n) is 2.02. The Bertz CT molecular complexity index is 529. The minimum atomic E-state index is -4.34. The molecule has 3 nitrogen and oxygen atoms in total. The lowest BCUT2D eigenvalue weighted by Crippen LogP contribution is -2.19. The van der Waals surface area contributed by atoms with E-state index in [0.717, 1.165) is 0 Å². The number of likely N-dealkylation sites (N-methyl/N-ethyl adjacent to an activating group) is 1. The van der Waals surface area contributed by atoms with E-state index in [1.807, 2.05) is 0 Å². The van der Waals surface area contributed by atoms with Gasteiger partial charge in [-0.05, 0) is 35.5 Å². The van der Waals surface area contributed by atoms with Gasteiger partial charge in [0, 0.05) is 11.9 Å². The predicted octanol–water partition coefficient (Wildman–Crippen LogP) is 2.95. The van der Waals surface area contributed by atoms with Crippen molar-refractivity contribution in [3.05, 3.63) is 35.4 Å². The van der Waals surface area contributed by atoms with Crippen LogP contribution in [-0.2, 0) is 4.79 Å². The van der Waals surface area contributed by atoms with Crippen LogP contribution in [0.3, 0.4) is 0 Å². The maximum atomic E-state index is 12.1. The number of nitrogens with one attached hydrogen (secondary N) is 1. The van der Waals surface area contributed by atoms with Gasteiger partial charge >= 0.3 is 5.51 Å². The highest BCUT2D eigenvalue weighted by molar-refractivity contribution is 8.00. The van der Waals surface area contributed by atoms with Crippen LogP contribution in [0.1, 0.15) is 5.56 Å². The van der Waals surface area contributed by atoms with Crippen molar-refractivity contribution in [2.45, 2.75) is 10.4 Å². The first-order chi connectivity index (χ1) is 8.85. The fourth-order valence-electron chi connectivity index (χ4n) is 1.22. The Kier molecular flexibility index (Phi) is 5.01. The van der Waals surface area contributed by atoms with Crippen LogP contribution in [0, 0.1) is 11.3 Å². The molecule has 0 saturated heterocycles. The van der Waals surface area contributed by atoms with E-state index in [0.29, 0.717) is 5.56 Å². The van der Waals surface area contributed by atoms with Crippen molar-refractivity contribution in [1.29, 1.82) is 5.26 Å². The predicted molar refractivity (Wildman–Crippen MR) is 66.0 cm³/mol. The molecule has 0 saturated carbocycles. The van der Waals surface area contributed by atoms with Gasteiger partial charge in [-0.25, -0.2) is 0 Å². The molecule has 1 rings (SSSR count). The fraction of sp³-hybridized carbons (Fsp3) is 0.167. The number of carbonyl (C=O) groups is 1. The average molecular weight is 286 g/mol. The van der Waals surface area contributed by atoms with Gasteiger partial charge in [0.15, 0.2) is 0 Å². The van der Waals surface area contributed by atoms with Crippen molar-refractivity contribution in [3.63, 3.8) is 0 Å². The Hall–Kier alpha value is -1.94. The molecule has 0 radical (unpaired) electrons. The average Bonchev–Trinajstić information content (AvgIpc) is 2.35. The highest BCUT2D eigenvalue weighted by atomic mass is 32.2. The van der Waals surface area contributed by atoms with E-state index in [-0.39, 0.29) is 22.2 Å². The van der Waals surface area contributed by atoms with E-state index in [1.165, 1.54) is 37.4 Å². The first-order valence-corrected chi connectivity index (χ1v) is 5.87. The molecule has 100 valence electrons. The van der Waals surface area contributed by atoms with Gasteiger partial charge in [0.2, 0.25) is 0 Å². The van der Waals surface area contributed by atoms with Crippen LogP contribution in [-0.4, -0.2) is 18.5 Å².